The van der Waals surface area contributed by atoms with Crippen LogP contribution in [0.25, 0.3) is 11.0 Å². The van der Waals surface area contributed by atoms with E-state index in [-0.39, 0.29) is 17.5 Å². The number of hydrogen-bond acceptors (Lipinski definition) is 3. The molecule has 3 aromatic rings. The second-order valence-corrected chi connectivity index (χ2v) is 12.7. The summed E-state index contributed by atoms with van der Waals surface area (Å²) < 4.78 is 6.24. The molecule has 2 aromatic carbocycles. The molecule has 0 saturated carbocycles. The van der Waals surface area contributed by atoms with E-state index in [2.05, 4.69) is 60.6 Å². The fraction of sp³-hybridized carbons (Fsp3) is 0.579. The molecular weight excluding hydrogens is 504 g/mol. The number of carbonyl (C=O) groups excluding carboxylic acids is 2. The van der Waals surface area contributed by atoms with Crippen molar-refractivity contribution in [1.82, 2.24) is 0 Å². The summed E-state index contributed by atoms with van der Waals surface area (Å²) in [6.45, 7) is 15.1. The largest absolute Gasteiger partial charge is 0.460 e. The number of rotatable bonds is 18. The third kappa shape index (κ3) is 8.90. The van der Waals surface area contributed by atoms with Gasteiger partial charge in [-0.05, 0) is 92.0 Å². The first kappa shape index (κ1) is 32.8. The molecule has 3 heteroatoms. The highest BCUT2D eigenvalue weighted by Crippen LogP contribution is 2.32. The molecule has 0 amide bonds. The molecule has 1 heterocycles. The van der Waals surface area contributed by atoms with Gasteiger partial charge in [0.05, 0.1) is 5.56 Å². The Kier molecular flexibility index (Phi) is 12.9. The highest BCUT2D eigenvalue weighted by atomic mass is 16.3. The van der Waals surface area contributed by atoms with Crippen molar-refractivity contribution in [3.8, 4) is 0 Å². The van der Waals surface area contributed by atoms with E-state index >= 15 is 0 Å². The maximum absolute atomic E-state index is 14.1. The van der Waals surface area contributed by atoms with Crippen molar-refractivity contribution in [3.63, 3.8) is 0 Å². The highest BCUT2D eigenvalue weighted by Gasteiger charge is 2.24. The number of carbonyl (C=O) groups is 2. The fourth-order valence-electron chi connectivity index (χ4n) is 6.22. The number of ketones is 2. The van der Waals surface area contributed by atoms with Crippen LogP contribution in [-0.2, 0) is 12.8 Å². The number of hydrogen-bond donors (Lipinski definition) is 0. The van der Waals surface area contributed by atoms with E-state index in [1.54, 1.807) is 0 Å². The van der Waals surface area contributed by atoms with Gasteiger partial charge in [0.15, 0.2) is 11.6 Å². The maximum atomic E-state index is 14.1. The van der Waals surface area contributed by atoms with Crippen molar-refractivity contribution in [2.75, 3.05) is 0 Å². The molecular formula is C38H54O3. The third-order valence-corrected chi connectivity index (χ3v) is 8.59. The summed E-state index contributed by atoms with van der Waals surface area (Å²) in [6, 6.07) is 9.74. The molecule has 1 aromatic heterocycles. The number of aryl methyl sites for hydroxylation is 3. The third-order valence-electron chi connectivity index (χ3n) is 8.59. The van der Waals surface area contributed by atoms with Gasteiger partial charge in [-0.15, -0.1) is 0 Å². The van der Waals surface area contributed by atoms with Gasteiger partial charge in [0.25, 0.3) is 0 Å². The van der Waals surface area contributed by atoms with E-state index in [4.69, 9.17) is 4.42 Å². The van der Waals surface area contributed by atoms with Gasteiger partial charge in [-0.25, -0.2) is 0 Å². The van der Waals surface area contributed by atoms with Crippen molar-refractivity contribution in [3.05, 3.63) is 69.5 Å². The van der Waals surface area contributed by atoms with E-state index in [0.717, 1.165) is 42.7 Å². The van der Waals surface area contributed by atoms with Crippen LogP contribution in [0.2, 0.25) is 0 Å². The maximum Gasteiger partial charge on any atom is 0.197 e. The van der Waals surface area contributed by atoms with E-state index < -0.39 is 0 Å². The molecule has 0 radical (unpaired) electrons. The highest BCUT2D eigenvalue weighted by molar-refractivity contribution is 6.17. The zero-order valence-electron chi connectivity index (χ0n) is 27.0. The first-order chi connectivity index (χ1) is 19.7. The number of fused-ring (bicyclic) bond motifs is 1. The minimum absolute atomic E-state index is 0.000238. The van der Waals surface area contributed by atoms with E-state index in [0.29, 0.717) is 28.7 Å². The standard InChI is InChI=1S/C38H54O3/c1-8-11-15-29(16-12-9-2)17-14-18-32-27(6)23-31(24-28(32)7)38(40)37-33-25-30(34(39)22-26(4)5)20-21-35(33)41-36(37)19-13-10-3/h20-21,23-26,29H,8-19,22H2,1-7H3. The summed E-state index contributed by atoms with van der Waals surface area (Å²) in [6.07, 6.45) is 14.7. The van der Waals surface area contributed by atoms with Crippen LogP contribution >= 0.6 is 0 Å². The van der Waals surface area contributed by atoms with Crippen LogP contribution in [0.5, 0.6) is 0 Å². The van der Waals surface area contributed by atoms with Crippen molar-refractivity contribution in [2.45, 2.75) is 132 Å². The summed E-state index contributed by atoms with van der Waals surface area (Å²) in [5.41, 5.74) is 6.47. The quantitative estimate of drug-likeness (QED) is 0.146. The molecule has 0 saturated heterocycles. The number of benzene rings is 2. The van der Waals surface area contributed by atoms with Crippen LogP contribution < -0.4 is 0 Å². The Labute approximate surface area is 249 Å². The van der Waals surface area contributed by atoms with Gasteiger partial charge in [0.2, 0.25) is 0 Å². The number of unbranched alkanes of at least 4 members (excludes halogenated alkanes) is 3. The second-order valence-electron chi connectivity index (χ2n) is 12.7. The average Bonchev–Trinajstić information content (AvgIpc) is 3.30. The zero-order valence-corrected chi connectivity index (χ0v) is 27.0. The molecule has 0 fully saturated rings. The predicted octanol–water partition coefficient (Wildman–Crippen LogP) is 11.2. The zero-order chi connectivity index (χ0) is 29.9. The molecule has 0 aliphatic carbocycles. The van der Waals surface area contributed by atoms with Gasteiger partial charge < -0.3 is 4.42 Å². The van der Waals surface area contributed by atoms with E-state index in [1.807, 2.05) is 18.2 Å². The van der Waals surface area contributed by atoms with Gasteiger partial charge in [-0.3, -0.25) is 9.59 Å². The summed E-state index contributed by atoms with van der Waals surface area (Å²) >= 11 is 0. The molecule has 0 aliphatic rings. The van der Waals surface area contributed by atoms with Crippen LogP contribution in [0.1, 0.15) is 154 Å². The van der Waals surface area contributed by atoms with Gasteiger partial charge in [-0.2, -0.15) is 0 Å². The van der Waals surface area contributed by atoms with Crippen molar-refractivity contribution >= 4 is 22.5 Å². The molecule has 41 heavy (non-hydrogen) atoms. The second kappa shape index (κ2) is 16.1. The Morgan fingerprint density at radius 2 is 1.37 bits per heavy atom. The molecule has 0 atom stereocenters. The lowest BCUT2D eigenvalue weighted by Crippen LogP contribution is -2.08. The number of Topliss-reactive ketones (excluding diaryl/α,β-unsaturated/α-hetero) is 1. The lowest BCUT2D eigenvalue weighted by Gasteiger charge is -2.18. The minimum Gasteiger partial charge on any atom is -0.460 e. The average molecular weight is 559 g/mol. The molecule has 0 N–H and O–H groups in total. The lowest BCUT2D eigenvalue weighted by atomic mass is 9.88. The topological polar surface area (TPSA) is 47.3 Å². The van der Waals surface area contributed by atoms with Crippen LogP contribution in [-0.4, -0.2) is 11.6 Å². The Bertz CT molecular complexity index is 1260. The summed E-state index contributed by atoms with van der Waals surface area (Å²) in [5, 5.41) is 0.764. The number of furan rings is 1. The van der Waals surface area contributed by atoms with Gasteiger partial charge in [-0.1, -0.05) is 86.0 Å². The van der Waals surface area contributed by atoms with Gasteiger partial charge >= 0.3 is 0 Å². The van der Waals surface area contributed by atoms with E-state index in [9.17, 15) is 9.59 Å². The van der Waals surface area contributed by atoms with Crippen LogP contribution in [0.4, 0.5) is 0 Å². The first-order valence-corrected chi connectivity index (χ1v) is 16.4. The van der Waals surface area contributed by atoms with Crippen LogP contribution in [0.3, 0.4) is 0 Å². The van der Waals surface area contributed by atoms with Crippen LogP contribution in [0, 0.1) is 25.7 Å². The van der Waals surface area contributed by atoms with Gasteiger partial charge in [0, 0.05) is 29.4 Å². The summed E-state index contributed by atoms with van der Waals surface area (Å²) in [4.78, 5) is 27.0. The Balaban J connectivity index is 1.88. The van der Waals surface area contributed by atoms with E-state index in [1.165, 1.54) is 68.1 Å². The van der Waals surface area contributed by atoms with Crippen LogP contribution in [0.15, 0.2) is 34.7 Å². The normalized spacial score (nSPS) is 11.7. The Morgan fingerprint density at radius 3 is 1.95 bits per heavy atom. The molecule has 0 aliphatic heterocycles. The monoisotopic (exact) mass is 558 g/mol. The molecule has 3 rings (SSSR count). The molecule has 3 nitrogen and oxygen atoms in total. The lowest BCUT2D eigenvalue weighted by molar-refractivity contribution is 0.0966. The fourth-order valence-corrected chi connectivity index (χ4v) is 6.22. The Morgan fingerprint density at radius 1 is 0.756 bits per heavy atom. The minimum atomic E-state index is 0.000238. The smallest absolute Gasteiger partial charge is 0.197 e. The molecule has 0 spiro atoms. The Hall–Kier alpha value is -2.68. The first-order valence-electron chi connectivity index (χ1n) is 16.4. The SMILES string of the molecule is CCCCc1oc2ccc(C(=O)CC(C)C)cc2c1C(=O)c1cc(C)c(CCCC(CCCC)CCCC)c(C)c1. The summed E-state index contributed by atoms with van der Waals surface area (Å²) in [7, 11) is 0. The van der Waals surface area contributed by atoms with Crippen molar-refractivity contribution in [2.24, 2.45) is 11.8 Å². The van der Waals surface area contributed by atoms with Crippen molar-refractivity contribution < 1.29 is 14.0 Å². The molecule has 0 bridgehead atoms. The predicted molar refractivity (Wildman–Crippen MR) is 173 cm³/mol. The van der Waals surface area contributed by atoms with Crippen molar-refractivity contribution in [1.29, 1.82) is 0 Å². The molecule has 224 valence electrons. The van der Waals surface area contributed by atoms with Gasteiger partial charge in [0.1, 0.15) is 11.3 Å². The summed E-state index contributed by atoms with van der Waals surface area (Å²) in [5.74, 6) is 1.97. The molecule has 0 unspecified atom stereocenters.